The lowest BCUT2D eigenvalue weighted by Crippen LogP contribution is -2.26. The topological polar surface area (TPSA) is 72.1 Å². The summed E-state index contributed by atoms with van der Waals surface area (Å²) in [4.78, 5) is 23.7. The van der Waals surface area contributed by atoms with Gasteiger partial charge in [-0.2, -0.15) is 0 Å². The number of pyridine rings is 2. The van der Waals surface area contributed by atoms with Crippen LogP contribution in [0.4, 0.5) is 0 Å². The third kappa shape index (κ3) is 3.42. The quantitative estimate of drug-likeness (QED) is 0.554. The predicted octanol–water partition coefficient (Wildman–Crippen LogP) is 3.87. The van der Waals surface area contributed by atoms with Gasteiger partial charge in [0.25, 0.3) is 5.91 Å². The van der Waals surface area contributed by atoms with Crippen LogP contribution in [0, 0.1) is 6.92 Å². The summed E-state index contributed by atoms with van der Waals surface area (Å²) in [5.74, 6) is 0.624. The molecule has 0 atom stereocenters. The number of hydrogen-bond acceptors (Lipinski definition) is 5. The Labute approximate surface area is 156 Å². The normalized spacial score (nSPS) is 10.9. The minimum absolute atomic E-state index is 0.0978. The average molecular weight is 358 g/mol. The molecule has 1 aromatic carbocycles. The van der Waals surface area contributed by atoms with E-state index in [1.54, 1.807) is 24.3 Å². The molecule has 4 aromatic rings. The Hall–Kier alpha value is -3.54. The molecule has 0 aliphatic rings. The lowest BCUT2D eigenvalue weighted by Gasteiger charge is -2.17. The first kappa shape index (κ1) is 16.9. The SMILES string of the molecule is Cc1cc(CN(C)C(=O)c2cc(-c3cccnc3)nc3ccccc23)no1. The number of hydrogen-bond donors (Lipinski definition) is 0. The summed E-state index contributed by atoms with van der Waals surface area (Å²) in [5, 5.41) is 4.79. The van der Waals surface area contributed by atoms with Gasteiger partial charge in [-0.05, 0) is 31.2 Å². The Balaban J connectivity index is 1.76. The lowest BCUT2D eigenvalue weighted by molar-refractivity contribution is 0.0784. The van der Waals surface area contributed by atoms with E-state index < -0.39 is 0 Å². The zero-order chi connectivity index (χ0) is 18.8. The van der Waals surface area contributed by atoms with Gasteiger partial charge in [0.05, 0.1) is 23.3 Å². The summed E-state index contributed by atoms with van der Waals surface area (Å²) in [6.45, 7) is 2.20. The van der Waals surface area contributed by atoms with Crippen molar-refractivity contribution >= 4 is 16.8 Å². The van der Waals surface area contributed by atoms with E-state index >= 15 is 0 Å². The van der Waals surface area contributed by atoms with Crippen molar-refractivity contribution in [3.63, 3.8) is 0 Å². The number of aryl methyl sites for hydroxylation is 1. The number of carbonyl (C=O) groups excluding carboxylic acids is 1. The molecule has 6 nitrogen and oxygen atoms in total. The molecule has 0 unspecified atom stereocenters. The zero-order valence-electron chi connectivity index (χ0n) is 15.1. The fraction of sp³-hybridized carbons (Fsp3) is 0.143. The summed E-state index contributed by atoms with van der Waals surface area (Å²) in [6.07, 6.45) is 3.46. The van der Waals surface area contributed by atoms with Gasteiger partial charge in [0.2, 0.25) is 0 Å². The van der Waals surface area contributed by atoms with E-state index in [-0.39, 0.29) is 5.91 Å². The maximum atomic E-state index is 13.2. The van der Waals surface area contributed by atoms with Crippen molar-refractivity contribution in [3.8, 4) is 11.3 Å². The standard InChI is InChI=1S/C21H18N4O2/c1-14-10-16(24-27-14)13-25(2)21(26)18-11-20(15-6-5-9-22-12-15)23-19-8-4-3-7-17(18)19/h3-12H,13H2,1-2H3. The van der Waals surface area contributed by atoms with Crippen LogP contribution in [-0.4, -0.2) is 33.0 Å². The smallest absolute Gasteiger partial charge is 0.254 e. The van der Waals surface area contributed by atoms with Crippen LogP contribution in [0.2, 0.25) is 0 Å². The van der Waals surface area contributed by atoms with E-state index in [1.165, 1.54) is 0 Å². The fourth-order valence-electron chi connectivity index (χ4n) is 3.03. The molecular formula is C21H18N4O2. The summed E-state index contributed by atoms with van der Waals surface area (Å²) >= 11 is 0. The third-order valence-electron chi connectivity index (χ3n) is 4.33. The predicted molar refractivity (Wildman–Crippen MR) is 102 cm³/mol. The van der Waals surface area contributed by atoms with Gasteiger partial charge in [0, 0.05) is 36.5 Å². The average Bonchev–Trinajstić information content (AvgIpc) is 3.11. The molecule has 0 spiro atoms. The first-order chi connectivity index (χ1) is 13.1. The van der Waals surface area contributed by atoms with Crippen LogP contribution in [0.3, 0.4) is 0 Å². The van der Waals surface area contributed by atoms with E-state index in [0.717, 1.165) is 27.9 Å². The van der Waals surface area contributed by atoms with Gasteiger partial charge in [0.1, 0.15) is 11.5 Å². The molecule has 3 heterocycles. The number of benzene rings is 1. The molecule has 3 aromatic heterocycles. The number of nitrogens with zero attached hydrogens (tertiary/aromatic N) is 4. The monoisotopic (exact) mass is 358 g/mol. The second-order valence-electron chi connectivity index (χ2n) is 6.40. The van der Waals surface area contributed by atoms with Gasteiger partial charge in [-0.3, -0.25) is 9.78 Å². The molecule has 0 N–H and O–H groups in total. The van der Waals surface area contributed by atoms with Crippen LogP contribution in [0.1, 0.15) is 21.8 Å². The highest BCUT2D eigenvalue weighted by Gasteiger charge is 2.18. The molecule has 4 rings (SSSR count). The second-order valence-corrected chi connectivity index (χ2v) is 6.40. The van der Waals surface area contributed by atoms with Gasteiger partial charge in [-0.1, -0.05) is 23.4 Å². The largest absolute Gasteiger partial charge is 0.361 e. The Morgan fingerprint density at radius 3 is 2.74 bits per heavy atom. The van der Waals surface area contributed by atoms with Crippen molar-refractivity contribution in [3.05, 3.63) is 77.9 Å². The van der Waals surface area contributed by atoms with E-state index in [1.807, 2.05) is 55.5 Å². The molecular weight excluding hydrogens is 340 g/mol. The summed E-state index contributed by atoms with van der Waals surface area (Å²) < 4.78 is 5.09. The van der Waals surface area contributed by atoms with Crippen LogP contribution >= 0.6 is 0 Å². The van der Waals surface area contributed by atoms with Gasteiger partial charge >= 0.3 is 0 Å². The molecule has 0 aliphatic carbocycles. The highest BCUT2D eigenvalue weighted by Crippen LogP contribution is 2.25. The first-order valence-electron chi connectivity index (χ1n) is 8.59. The van der Waals surface area contributed by atoms with Gasteiger partial charge in [-0.15, -0.1) is 0 Å². The Morgan fingerprint density at radius 1 is 1.15 bits per heavy atom. The number of carbonyl (C=O) groups is 1. The molecule has 0 radical (unpaired) electrons. The zero-order valence-corrected chi connectivity index (χ0v) is 15.1. The molecule has 0 bridgehead atoms. The number of amides is 1. The maximum Gasteiger partial charge on any atom is 0.254 e. The number of fused-ring (bicyclic) bond motifs is 1. The first-order valence-corrected chi connectivity index (χ1v) is 8.59. The van der Waals surface area contributed by atoms with Gasteiger partial charge in [-0.25, -0.2) is 4.98 Å². The highest BCUT2D eigenvalue weighted by molar-refractivity contribution is 6.07. The molecule has 0 aliphatic heterocycles. The molecule has 0 fully saturated rings. The van der Waals surface area contributed by atoms with E-state index in [9.17, 15) is 4.79 Å². The summed E-state index contributed by atoms with van der Waals surface area (Å²) in [5.41, 5.74) is 3.67. The number of para-hydroxylation sites is 1. The molecule has 0 saturated heterocycles. The third-order valence-corrected chi connectivity index (χ3v) is 4.33. The van der Waals surface area contributed by atoms with Crippen molar-refractivity contribution in [2.75, 3.05) is 7.05 Å². The van der Waals surface area contributed by atoms with E-state index in [2.05, 4.69) is 10.1 Å². The van der Waals surface area contributed by atoms with Crippen molar-refractivity contribution < 1.29 is 9.32 Å². The minimum Gasteiger partial charge on any atom is -0.361 e. The minimum atomic E-state index is -0.0978. The van der Waals surface area contributed by atoms with Crippen molar-refractivity contribution in [2.24, 2.45) is 0 Å². The van der Waals surface area contributed by atoms with Crippen LogP contribution in [0.15, 0.2) is 65.4 Å². The molecule has 134 valence electrons. The van der Waals surface area contributed by atoms with E-state index in [4.69, 9.17) is 9.51 Å². The Morgan fingerprint density at radius 2 is 2.00 bits per heavy atom. The van der Waals surface area contributed by atoms with E-state index in [0.29, 0.717) is 17.8 Å². The molecule has 0 saturated carbocycles. The Kier molecular flexibility index (Phi) is 4.38. The van der Waals surface area contributed by atoms with Crippen molar-refractivity contribution in [1.29, 1.82) is 0 Å². The van der Waals surface area contributed by atoms with Crippen LogP contribution in [0.25, 0.3) is 22.2 Å². The van der Waals surface area contributed by atoms with Crippen molar-refractivity contribution in [1.82, 2.24) is 20.0 Å². The fourth-order valence-corrected chi connectivity index (χ4v) is 3.03. The number of aromatic nitrogens is 3. The van der Waals surface area contributed by atoms with Crippen LogP contribution < -0.4 is 0 Å². The van der Waals surface area contributed by atoms with Crippen LogP contribution in [-0.2, 0) is 6.54 Å². The number of rotatable bonds is 4. The molecule has 6 heteroatoms. The lowest BCUT2D eigenvalue weighted by atomic mass is 10.0. The van der Waals surface area contributed by atoms with Gasteiger partial charge in [0.15, 0.2) is 0 Å². The highest BCUT2D eigenvalue weighted by atomic mass is 16.5. The molecule has 1 amide bonds. The van der Waals surface area contributed by atoms with Crippen LogP contribution in [0.5, 0.6) is 0 Å². The summed E-state index contributed by atoms with van der Waals surface area (Å²) in [7, 11) is 1.76. The van der Waals surface area contributed by atoms with Crippen molar-refractivity contribution in [2.45, 2.75) is 13.5 Å². The summed E-state index contributed by atoms with van der Waals surface area (Å²) in [6, 6.07) is 15.1. The second kappa shape index (κ2) is 6.99. The van der Waals surface area contributed by atoms with Gasteiger partial charge < -0.3 is 9.42 Å². The molecule has 27 heavy (non-hydrogen) atoms. The Bertz CT molecular complexity index is 1110. The maximum absolute atomic E-state index is 13.2.